The number of fused-ring (bicyclic) bond motifs is 1. The highest BCUT2D eigenvalue weighted by Crippen LogP contribution is 2.29. The van der Waals surface area contributed by atoms with Crippen LogP contribution in [0.2, 0.25) is 0 Å². The Morgan fingerprint density at radius 3 is 1.73 bits per heavy atom. The number of rotatable bonds is 29. The molecule has 0 spiro atoms. The van der Waals surface area contributed by atoms with Crippen molar-refractivity contribution < 1.29 is 19.0 Å². The van der Waals surface area contributed by atoms with Gasteiger partial charge in [-0.25, -0.2) is 4.79 Å². The van der Waals surface area contributed by atoms with E-state index >= 15 is 0 Å². The molecule has 5 nitrogen and oxygen atoms in total. The first-order valence-corrected chi connectivity index (χ1v) is 21.8. The fourth-order valence-corrected chi connectivity index (χ4v) is 7.11. The van der Waals surface area contributed by atoms with E-state index in [1.165, 1.54) is 125 Å². The second-order valence-corrected chi connectivity index (χ2v) is 15.2. The monoisotopic (exact) mass is 748 g/mol. The van der Waals surface area contributed by atoms with Crippen molar-refractivity contribution in [3.05, 3.63) is 102 Å². The van der Waals surface area contributed by atoms with Gasteiger partial charge in [-0.05, 0) is 78.1 Å². The molecule has 0 aliphatic heterocycles. The molecule has 4 rings (SSSR count). The van der Waals surface area contributed by atoms with Gasteiger partial charge in [0.1, 0.15) is 22.8 Å². The molecule has 0 amide bonds. The minimum atomic E-state index is -0.440. The van der Waals surface area contributed by atoms with E-state index < -0.39 is 5.97 Å². The molecule has 0 bridgehead atoms. The van der Waals surface area contributed by atoms with Gasteiger partial charge in [-0.15, -0.1) is 0 Å². The molecule has 0 unspecified atom stereocenters. The van der Waals surface area contributed by atoms with Gasteiger partial charge in [-0.1, -0.05) is 172 Å². The van der Waals surface area contributed by atoms with Crippen LogP contribution < -0.4 is 14.2 Å². The van der Waals surface area contributed by atoms with Crippen molar-refractivity contribution in [1.82, 2.24) is 0 Å². The largest absolute Gasteiger partial charge is 0.493 e. The topological polar surface area (TPSA) is 57.1 Å². The van der Waals surface area contributed by atoms with Crippen LogP contribution in [0.4, 0.5) is 0 Å². The van der Waals surface area contributed by atoms with Gasteiger partial charge < -0.3 is 14.2 Å². The molecule has 0 saturated carbocycles. The van der Waals surface area contributed by atoms with E-state index in [0.29, 0.717) is 30.3 Å². The molecular weight excluding hydrogens is 679 g/mol. The standard InChI is InChI=1S/C50H69NO4/c1-4-6-8-10-12-14-16-18-20-24-37-53-45-35-36-48(49(39-45)54-38-25-21-19-17-15-13-11-9-7-5-2)50(52)55-44-33-31-42(32-34-44)40-51-41(3)46-30-26-28-43-27-22-23-29-47(43)46/h22-23,26-36,39-41H,4-21,24-25,37-38H2,1-3H3/t41-/m1/s1. The van der Waals surface area contributed by atoms with Gasteiger partial charge in [0, 0.05) is 12.3 Å². The maximum absolute atomic E-state index is 13.5. The SMILES string of the molecule is CCCCCCCCCCCCOc1ccc(C(=O)Oc2ccc(C=N[C@H](C)c3cccc4ccccc34)cc2)c(OCCCCCCCCCCCC)c1. The number of unbranched alkanes of at least 4 members (excludes halogenated alkanes) is 18. The zero-order valence-electron chi connectivity index (χ0n) is 34.4. The lowest BCUT2D eigenvalue weighted by Crippen LogP contribution is -2.12. The predicted octanol–water partition coefficient (Wildman–Crippen LogP) is 14.8. The highest BCUT2D eigenvalue weighted by atomic mass is 16.5. The Morgan fingerprint density at radius 1 is 0.582 bits per heavy atom. The normalized spacial score (nSPS) is 12.0. The van der Waals surface area contributed by atoms with Crippen molar-refractivity contribution in [2.75, 3.05) is 13.2 Å². The number of ether oxygens (including phenoxy) is 3. The van der Waals surface area contributed by atoms with E-state index in [9.17, 15) is 4.79 Å². The Labute approximate surface area is 333 Å². The van der Waals surface area contributed by atoms with Crippen molar-refractivity contribution in [2.24, 2.45) is 4.99 Å². The van der Waals surface area contributed by atoms with Crippen LogP contribution in [0.25, 0.3) is 10.8 Å². The minimum absolute atomic E-state index is 0.00389. The second kappa shape index (κ2) is 26.6. The first-order chi connectivity index (χ1) is 27.1. The number of hydrogen-bond donors (Lipinski definition) is 0. The first kappa shape index (κ1) is 43.6. The summed E-state index contributed by atoms with van der Waals surface area (Å²) in [6, 6.07) is 27.7. The third-order valence-electron chi connectivity index (χ3n) is 10.5. The van der Waals surface area contributed by atoms with Crippen molar-refractivity contribution in [2.45, 2.75) is 155 Å². The fourth-order valence-electron chi connectivity index (χ4n) is 7.11. The van der Waals surface area contributed by atoms with E-state index in [1.807, 2.05) is 42.6 Å². The molecule has 0 radical (unpaired) electrons. The van der Waals surface area contributed by atoms with Crippen molar-refractivity contribution >= 4 is 23.0 Å². The van der Waals surface area contributed by atoms with Gasteiger partial charge in [0.2, 0.25) is 0 Å². The van der Waals surface area contributed by atoms with Crippen molar-refractivity contribution in [1.29, 1.82) is 0 Å². The molecule has 1 atom stereocenters. The number of benzene rings is 4. The summed E-state index contributed by atoms with van der Waals surface area (Å²) in [5.41, 5.74) is 2.55. The fraction of sp³-hybridized carbons (Fsp3) is 0.520. The first-order valence-electron chi connectivity index (χ1n) is 21.8. The van der Waals surface area contributed by atoms with E-state index in [1.54, 1.807) is 6.07 Å². The van der Waals surface area contributed by atoms with Crippen LogP contribution >= 0.6 is 0 Å². The van der Waals surface area contributed by atoms with Gasteiger partial charge >= 0.3 is 5.97 Å². The summed E-state index contributed by atoms with van der Waals surface area (Å²) in [6.45, 7) is 7.86. The summed E-state index contributed by atoms with van der Waals surface area (Å²) in [5.74, 6) is 1.29. The highest BCUT2D eigenvalue weighted by molar-refractivity contribution is 5.94. The molecule has 4 aromatic rings. The summed E-state index contributed by atoms with van der Waals surface area (Å²) in [4.78, 5) is 18.3. The van der Waals surface area contributed by atoms with Crippen LogP contribution in [0, 0.1) is 0 Å². The summed E-state index contributed by atoms with van der Waals surface area (Å²) < 4.78 is 18.2. The van der Waals surface area contributed by atoms with Gasteiger partial charge in [-0.2, -0.15) is 0 Å². The Bertz CT molecular complexity index is 1660. The molecule has 0 aliphatic carbocycles. The lowest BCUT2D eigenvalue weighted by Gasteiger charge is -2.14. The Hall–Kier alpha value is -4.12. The van der Waals surface area contributed by atoms with Gasteiger partial charge in [0.05, 0.1) is 19.3 Å². The molecule has 0 heterocycles. The maximum Gasteiger partial charge on any atom is 0.347 e. The van der Waals surface area contributed by atoms with Crippen LogP contribution in [0.5, 0.6) is 17.2 Å². The Morgan fingerprint density at radius 2 is 1.11 bits per heavy atom. The van der Waals surface area contributed by atoms with E-state index in [2.05, 4.69) is 63.2 Å². The molecular formula is C50H69NO4. The van der Waals surface area contributed by atoms with E-state index in [4.69, 9.17) is 19.2 Å². The van der Waals surface area contributed by atoms with Crippen LogP contribution in [0.1, 0.15) is 177 Å². The molecule has 55 heavy (non-hydrogen) atoms. The smallest absolute Gasteiger partial charge is 0.347 e. The van der Waals surface area contributed by atoms with Crippen molar-refractivity contribution in [3.8, 4) is 17.2 Å². The molecule has 298 valence electrons. The van der Waals surface area contributed by atoms with Gasteiger partial charge in [0.15, 0.2) is 0 Å². The van der Waals surface area contributed by atoms with Gasteiger partial charge in [0.25, 0.3) is 0 Å². The zero-order valence-corrected chi connectivity index (χ0v) is 34.4. The molecule has 0 saturated heterocycles. The number of nitrogens with zero attached hydrogens (tertiary/aromatic N) is 1. The molecule has 0 N–H and O–H groups in total. The van der Waals surface area contributed by atoms with Crippen LogP contribution in [0.3, 0.4) is 0 Å². The van der Waals surface area contributed by atoms with Crippen LogP contribution in [0.15, 0.2) is 89.9 Å². The Balaban J connectivity index is 1.28. The lowest BCUT2D eigenvalue weighted by molar-refractivity contribution is 0.0730. The van der Waals surface area contributed by atoms with Crippen molar-refractivity contribution in [3.63, 3.8) is 0 Å². The summed E-state index contributed by atoms with van der Waals surface area (Å²) in [6.07, 6.45) is 27.4. The number of esters is 1. The van der Waals surface area contributed by atoms with Crippen LogP contribution in [-0.4, -0.2) is 25.4 Å². The molecule has 5 heteroatoms. The number of hydrogen-bond acceptors (Lipinski definition) is 5. The minimum Gasteiger partial charge on any atom is -0.493 e. The third-order valence-corrected chi connectivity index (χ3v) is 10.5. The summed E-state index contributed by atoms with van der Waals surface area (Å²) in [7, 11) is 0. The molecule has 0 aliphatic rings. The third kappa shape index (κ3) is 16.6. The highest BCUT2D eigenvalue weighted by Gasteiger charge is 2.17. The quantitative estimate of drug-likeness (QED) is 0.0240. The maximum atomic E-state index is 13.5. The summed E-state index contributed by atoms with van der Waals surface area (Å²) >= 11 is 0. The number of carbonyl (C=O) groups excluding carboxylic acids is 1. The summed E-state index contributed by atoms with van der Waals surface area (Å²) in [5, 5.41) is 2.43. The second-order valence-electron chi connectivity index (χ2n) is 15.2. The molecule has 4 aromatic carbocycles. The van der Waals surface area contributed by atoms with E-state index in [-0.39, 0.29) is 6.04 Å². The Kier molecular flexibility index (Phi) is 21.1. The predicted molar refractivity (Wildman–Crippen MR) is 232 cm³/mol. The van der Waals surface area contributed by atoms with Gasteiger partial charge in [-0.3, -0.25) is 4.99 Å². The number of carbonyl (C=O) groups is 1. The van der Waals surface area contributed by atoms with E-state index in [0.717, 1.165) is 30.6 Å². The van der Waals surface area contributed by atoms with Crippen LogP contribution in [-0.2, 0) is 0 Å². The zero-order chi connectivity index (χ0) is 38.8. The lowest BCUT2D eigenvalue weighted by atomic mass is 10.00. The molecule has 0 fully saturated rings. The number of aliphatic imine (C=N–C) groups is 1. The average molecular weight is 748 g/mol. The molecule has 0 aromatic heterocycles. The average Bonchev–Trinajstić information content (AvgIpc) is 3.21.